The second-order valence-electron chi connectivity index (χ2n) is 3.79. The van der Waals surface area contributed by atoms with Gasteiger partial charge in [0.1, 0.15) is 0 Å². The maximum atomic E-state index is 5.72. The van der Waals surface area contributed by atoms with Gasteiger partial charge in [0.15, 0.2) is 0 Å². The highest BCUT2D eigenvalue weighted by Crippen LogP contribution is 2.17. The Labute approximate surface area is 101 Å². The molecule has 1 aromatic heterocycles. The zero-order chi connectivity index (χ0) is 12.1. The molecule has 6 nitrogen and oxygen atoms in total. The lowest BCUT2D eigenvalue weighted by Crippen LogP contribution is -2.50. The molecule has 2 heterocycles. The van der Waals surface area contributed by atoms with Gasteiger partial charge in [-0.3, -0.25) is 0 Å². The van der Waals surface area contributed by atoms with E-state index < -0.39 is 0 Å². The Hall–Kier alpha value is -1.40. The molecular formula is C11H18N4O2. The molecule has 0 saturated carbocycles. The summed E-state index contributed by atoms with van der Waals surface area (Å²) in [5.41, 5.74) is 5.72. The molecule has 1 unspecified atom stereocenters. The molecule has 1 aliphatic heterocycles. The van der Waals surface area contributed by atoms with E-state index in [1.165, 1.54) is 0 Å². The van der Waals surface area contributed by atoms with Crippen molar-refractivity contribution in [1.82, 2.24) is 9.97 Å². The van der Waals surface area contributed by atoms with E-state index in [0.717, 1.165) is 6.54 Å². The average Bonchev–Trinajstić information content (AvgIpc) is 2.39. The van der Waals surface area contributed by atoms with E-state index in [1.54, 1.807) is 12.3 Å². The van der Waals surface area contributed by atoms with Crippen molar-refractivity contribution in [2.24, 2.45) is 5.73 Å². The number of hydrogen-bond acceptors (Lipinski definition) is 6. The van der Waals surface area contributed by atoms with E-state index in [2.05, 4.69) is 14.9 Å². The molecule has 1 fully saturated rings. The van der Waals surface area contributed by atoms with Gasteiger partial charge in [-0.2, -0.15) is 4.98 Å². The summed E-state index contributed by atoms with van der Waals surface area (Å²) in [4.78, 5) is 10.7. The minimum absolute atomic E-state index is 0.139. The van der Waals surface area contributed by atoms with Crippen molar-refractivity contribution in [2.75, 3.05) is 37.8 Å². The first-order valence-electron chi connectivity index (χ1n) is 5.85. The molecule has 2 rings (SSSR count). The zero-order valence-electron chi connectivity index (χ0n) is 10.0. The molecule has 6 heteroatoms. The number of ether oxygens (including phenoxy) is 2. The van der Waals surface area contributed by atoms with Crippen LogP contribution in [-0.4, -0.2) is 48.9 Å². The van der Waals surface area contributed by atoms with Crippen LogP contribution in [-0.2, 0) is 4.74 Å². The van der Waals surface area contributed by atoms with Crippen molar-refractivity contribution in [3.63, 3.8) is 0 Å². The predicted molar refractivity (Wildman–Crippen MR) is 64.2 cm³/mol. The van der Waals surface area contributed by atoms with Crippen LogP contribution in [0.5, 0.6) is 5.88 Å². The molecule has 1 atom stereocenters. The number of anilines is 1. The maximum Gasteiger partial charge on any atom is 0.229 e. The molecule has 17 heavy (non-hydrogen) atoms. The van der Waals surface area contributed by atoms with E-state index in [1.807, 2.05) is 6.92 Å². The Kier molecular flexibility index (Phi) is 4.11. The highest BCUT2D eigenvalue weighted by atomic mass is 16.5. The van der Waals surface area contributed by atoms with Crippen LogP contribution in [0.25, 0.3) is 0 Å². The van der Waals surface area contributed by atoms with Crippen LogP contribution in [0.15, 0.2) is 12.3 Å². The first-order chi connectivity index (χ1) is 8.35. The maximum absolute atomic E-state index is 5.72. The van der Waals surface area contributed by atoms with Crippen molar-refractivity contribution < 1.29 is 9.47 Å². The minimum Gasteiger partial charge on any atom is -0.478 e. The quantitative estimate of drug-likeness (QED) is 0.798. The molecule has 1 aliphatic rings. The summed E-state index contributed by atoms with van der Waals surface area (Å²) in [6.45, 7) is 5.12. The van der Waals surface area contributed by atoms with Crippen LogP contribution in [0, 0.1) is 0 Å². The summed E-state index contributed by atoms with van der Waals surface area (Å²) in [6.07, 6.45) is 1.70. The van der Waals surface area contributed by atoms with Gasteiger partial charge in [0.25, 0.3) is 0 Å². The summed E-state index contributed by atoms with van der Waals surface area (Å²) >= 11 is 0. The van der Waals surface area contributed by atoms with Crippen molar-refractivity contribution in [2.45, 2.75) is 13.0 Å². The normalized spacial score (nSPS) is 20.4. The SMILES string of the molecule is CCOc1ccnc(N2CCOCC2CN)n1. The third-order valence-electron chi connectivity index (χ3n) is 2.67. The average molecular weight is 238 g/mol. The smallest absolute Gasteiger partial charge is 0.229 e. The van der Waals surface area contributed by atoms with Crippen LogP contribution in [0.2, 0.25) is 0 Å². The number of nitrogens with zero attached hydrogens (tertiary/aromatic N) is 3. The Bertz CT molecular complexity index is 361. The molecular weight excluding hydrogens is 220 g/mol. The molecule has 0 amide bonds. The van der Waals surface area contributed by atoms with E-state index in [4.69, 9.17) is 15.2 Å². The first kappa shape index (κ1) is 12.1. The van der Waals surface area contributed by atoms with E-state index in [0.29, 0.717) is 38.2 Å². The van der Waals surface area contributed by atoms with Crippen molar-refractivity contribution in [3.05, 3.63) is 12.3 Å². The number of rotatable bonds is 4. The van der Waals surface area contributed by atoms with Gasteiger partial charge in [0, 0.05) is 25.4 Å². The molecule has 2 N–H and O–H groups in total. The second-order valence-corrected chi connectivity index (χ2v) is 3.79. The van der Waals surface area contributed by atoms with Crippen LogP contribution < -0.4 is 15.4 Å². The third-order valence-corrected chi connectivity index (χ3v) is 2.67. The molecule has 0 aliphatic carbocycles. The fourth-order valence-electron chi connectivity index (χ4n) is 1.81. The summed E-state index contributed by atoms with van der Waals surface area (Å²) < 4.78 is 10.8. The molecule has 1 aromatic rings. The highest BCUT2D eigenvalue weighted by molar-refractivity contribution is 5.34. The lowest BCUT2D eigenvalue weighted by atomic mass is 10.2. The van der Waals surface area contributed by atoms with Gasteiger partial charge in [-0.05, 0) is 6.92 Å². The number of hydrogen-bond donors (Lipinski definition) is 1. The van der Waals surface area contributed by atoms with Gasteiger partial charge in [-0.1, -0.05) is 0 Å². The summed E-state index contributed by atoms with van der Waals surface area (Å²) in [5, 5.41) is 0. The van der Waals surface area contributed by atoms with Gasteiger partial charge >= 0.3 is 0 Å². The Morgan fingerprint density at radius 3 is 3.29 bits per heavy atom. The molecule has 0 radical (unpaired) electrons. The molecule has 94 valence electrons. The van der Waals surface area contributed by atoms with Crippen LogP contribution in [0.1, 0.15) is 6.92 Å². The van der Waals surface area contributed by atoms with Gasteiger partial charge in [-0.25, -0.2) is 4.98 Å². The lowest BCUT2D eigenvalue weighted by molar-refractivity contribution is 0.0953. The Morgan fingerprint density at radius 1 is 1.65 bits per heavy atom. The van der Waals surface area contributed by atoms with Crippen LogP contribution in [0.3, 0.4) is 0 Å². The van der Waals surface area contributed by atoms with Crippen molar-refractivity contribution in [1.29, 1.82) is 0 Å². The Balaban J connectivity index is 2.16. The van der Waals surface area contributed by atoms with Crippen LogP contribution >= 0.6 is 0 Å². The second kappa shape index (κ2) is 5.79. The zero-order valence-corrected chi connectivity index (χ0v) is 10.0. The van der Waals surface area contributed by atoms with Gasteiger partial charge in [0.05, 0.1) is 25.9 Å². The number of nitrogens with two attached hydrogens (primary N) is 1. The fourth-order valence-corrected chi connectivity index (χ4v) is 1.81. The van der Waals surface area contributed by atoms with Gasteiger partial charge in [-0.15, -0.1) is 0 Å². The van der Waals surface area contributed by atoms with Gasteiger partial charge < -0.3 is 20.1 Å². The van der Waals surface area contributed by atoms with E-state index >= 15 is 0 Å². The molecule has 1 saturated heterocycles. The van der Waals surface area contributed by atoms with Crippen molar-refractivity contribution >= 4 is 5.95 Å². The summed E-state index contributed by atoms with van der Waals surface area (Å²) in [7, 11) is 0. The molecule has 0 aromatic carbocycles. The lowest BCUT2D eigenvalue weighted by Gasteiger charge is -2.34. The third kappa shape index (κ3) is 2.83. The van der Waals surface area contributed by atoms with Gasteiger partial charge in [0.2, 0.25) is 11.8 Å². The predicted octanol–water partition coefficient (Wildman–Crippen LogP) is 0.0392. The molecule has 0 bridgehead atoms. The topological polar surface area (TPSA) is 73.5 Å². The van der Waals surface area contributed by atoms with E-state index in [-0.39, 0.29) is 6.04 Å². The summed E-state index contributed by atoms with van der Waals surface area (Å²) in [5.74, 6) is 1.26. The number of aromatic nitrogens is 2. The first-order valence-corrected chi connectivity index (χ1v) is 5.85. The van der Waals surface area contributed by atoms with E-state index in [9.17, 15) is 0 Å². The minimum atomic E-state index is 0.139. The largest absolute Gasteiger partial charge is 0.478 e. The van der Waals surface area contributed by atoms with Crippen LogP contribution in [0.4, 0.5) is 5.95 Å². The monoisotopic (exact) mass is 238 g/mol. The fraction of sp³-hybridized carbons (Fsp3) is 0.636. The Morgan fingerprint density at radius 2 is 2.53 bits per heavy atom. The standard InChI is InChI=1S/C11H18N4O2/c1-2-17-10-3-4-13-11(14-10)15-5-6-16-8-9(15)7-12/h3-4,9H,2,5-8,12H2,1H3. The van der Waals surface area contributed by atoms with Crippen molar-refractivity contribution in [3.8, 4) is 5.88 Å². The highest BCUT2D eigenvalue weighted by Gasteiger charge is 2.24. The number of morpholine rings is 1. The molecule has 0 spiro atoms. The summed E-state index contributed by atoms with van der Waals surface area (Å²) in [6, 6.07) is 1.89.